The first-order chi connectivity index (χ1) is 7.59. The minimum Gasteiger partial charge on any atom is -0.548 e. The summed E-state index contributed by atoms with van der Waals surface area (Å²) in [5.74, 6) is -1.35. The maximum atomic E-state index is 11.1. The summed E-state index contributed by atoms with van der Waals surface area (Å²) in [6.07, 6.45) is -0.777. The number of hydrogen-bond acceptors (Lipinski definition) is 4. The van der Waals surface area contributed by atoms with Gasteiger partial charge in [0.2, 0.25) is 0 Å². The predicted octanol–water partition coefficient (Wildman–Crippen LogP) is -2.94. The summed E-state index contributed by atoms with van der Waals surface area (Å²) in [5.41, 5.74) is 0.832. The minimum absolute atomic E-state index is 0. The van der Waals surface area contributed by atoms with E-state index in [0.717, 1.165) is 5.56 Å². The van der Waals surface area contributed by atoms with Crippen molar-refractivity contribution in [2.45, 2.75) is 19.6 Å². The molecule has 17 heavy (non-hydrogen) atoms. The molecule has 0 spiro atoms. The standard InChI is InChI=1S/C11H13NO4.Na/c1-8(10(13)14)12-11(15)16-7-9-5-3-2-4-6-9;/h2-6,8H,7H2,1H3,(H,12,15)(H,13,14);/q;+1/p-1/t8-;/m0./s1. The third-order valence-electron chi connectivity index (χ3n) is 1.90. The zero-order valence-electron chi connectivity index (χ0n) is 9.80. The van der Waals surface area contributed by atoms with Crippen LogP contribution in [0.15, 0.2) is 30.3 Å². The first-order valence-corrected chi connectivity index (χ1v) is 4.77. The van der Waals surface area contributed by atoms with E-state index in [1.807, 2.05) is 18.2 Å². The second-order valence-corrected chi connectivity index (χ2v) is 3.25. The van der Waals surface area contributed by atoms with E-state index in [-0.39, 0.29) is 36.2 Å². The van der Waals surface area contributed by atoms with Gasteiger partial charge in [-0.3, -0.25) is 0 Å². The number of carboxylic acid groups (broad SMARTS) is 1. The summed E-state index contributed by atoms with van der Waals surface area (Å²) in [4.78, 5) is 21.4. The maximum Gasteiger partial charge on any atom is 1.00 e. The van der Waals surface area contributed by atoms with E-state index in [2.05, 4.69) is 5.32 Å². The molecular formula is C11H12NNaO4. The summed E-state index contributed by atoms with van der Waals surface area (Å²) < 4.78 is 4.81. The fourth-order valence-electron chi connectivity index (χ4n) is 1.00. The number of ether oxygens (including phenoxy) is 1. The summed E-state index contributed by atoms with van der Waals surface area (Å²) in [6, 6.07) is 8.02. The van der Waals surface area contributed by atoms with Gasteiger partial charge in [-0.05, 0) is 12.5 Å². The van der Waals surface area contributed by atoms with Crippen molar-refractivity contribution >= 4 is 12.1 Å². The summed E-state index contributed by atoms with van der Waals surface area (Å²) in [7, 11) is 0. The molecule has 0 aliphatic carbocycles. The Morgan fingerprint density at radius 1 is 1.35 bits per heavy atom. The van der Waals surface area contributed by atoms with Gasteiger partial charge < -0.3 is 20.0 Å². The molecule has 0 radical (unpaired) electrons. The second kappa shape index (κ2) is 8.11. The van der Waals surface area contributed by atoms with Crippen molar-refractivity contribution in [1.82, 2.24) is 5.32 Å². The fourth-order valence-corrected chi connectivity index (χ4v) is 1.00. The molecule has 0 saturated carbocycles. The van der Waals surface area contributed by atoms with Gasteiger partial charge in [0, 0.05) is 0 Å². The van der Waals surface area contributed by atoms with Crippen molar-refractivity contribution in [3.63, 3.8) is 0 Å². The van der Waals surface area contributed by atoms with E-state index < -0.39 is 18.1 Å². The van der Waals surface area contributed by atoms with Crippen molar-refractivity contribution in [2.24, 2.45) is 0 Å². The number of benzene rings is 1. The Kier molecular flexibility index (Phi) is 7.61. The number of aliphatic carboxylic acids is 1. The van der Waals surface area contributed by atoms with Gasteiger partial charge >= 0.3 is 35.7 Å². The van der Waals surface area contributed by atoms with Crippen LogP contribution < -0.4 is 40.0 Å². The maximum absolute atomic E-state index is 11.1. The van der Waals surface area contributed by atoms with Gasteiger partial charge in [0.15, 0.2) is 0 Å². The SMILES string of the molecule is C[C@H](NC(=O)OCc1ccccc1)C(=O)[O-].[Na+]. The molecule has 0 bridgehead atoms. The summed E-state index contributed by atoms with van der Waals surface area (Å²) in [5, 5.41) is 12.5. The number of hydrogen-bond donors (Lipinski definition) is 1. The fraction of sp³-hybridized carbons (Fsp3) is 0.273. The number of carboxylic acids is 1. The van der Waals surface area contributed by atoms with Crippen LogP contribution >= 0.6 is 0 Å². The van der Waals surface area contributed by atoms with Gasteiger partial charge in [-0.2, -0.15) is 0 Å². The topological polar surface area (TPSA) is 78.5 Å². The van der Waals surface area contributed by atoms with E-state index in [4.69, 9.17) is 4.74 Å². The Morgan fingerprint density at radius 3 is 2.47 bits per heavy atom. The molecule has 1 atom stereocenters. The smallest absolute Gasteiger partial charge is 0.548 e. The number of alkyl carbamates (subject to hydrolysis) is 1. The van der Waals surface area contributed by atoms with Crippen LogP contribution in [0.25, 0.3) is 0 Å². The first kappa shape index (κ1) is 16.0. The molecule has 1 amide bonds. The van der Waals surface area contributed by atoms with Crippen LogP contribution in [0, 0.1) is 0 Å². The monoisotopic (exact) mass is 245 g/mol. The predicted molar refractivity (Wildman–Crippen MR) is 54.2 cm³/mol. The van der Waals surface area contributed by atoms with E-state index in [0.29, 0.717) is 0 Å². The van der Waals surface area contributed by atoms with Crippen LogP contribution in [0.4, 0.5) is 4.79 Å². The van der Waals surface area contributed by atoms with Crippen LogP contribution in [-0.2, 0) is 16.1 Å². The van der Waals surface area contributed by atoms with Gasteiger partial charge in [-0.1, -0.05) is 30.3 Å². The van der Waals surface area contributed by atoms with E-state index in [1.54, 1.807) is 12.1 Å². The van der Waals surface area contributed by atoms with Crippen LogP contribution in [0.1, 0.15) is 12.5 Å². The molecule has 0 saturated heterocycles. The zero-order valence-corrected chi connectivity index (χ0v) is 11.8. The molecule has 5 nitrogen and oxygen atoms in total. The molecule has 1 aromatic rings. The number of rotatable bonds is 4. The molecule has 1 N–H and O–H groups in total. The molecule has 0 unspecified atom stereocenters. The van der Waals surface area contributed by atoms with Crippen LogP contribution in [0.3, 0.4) is 0 Å². The number of carbonyl (C=O) groups is 2. The average molecular weight is 245 g/mol. The Bertz CT molecular complexity index is 369. The molecule has 6 heteroatoms. The number of carbonyl (C=O) groups excluding carboxylic acids is 2. The van der Waals surface area contributed by atoms with E-state index in [1.165, 1.54) is 6.92 Å². The van der Waals surface area contributed by atoms with Crippen molar-refractivity contribution in [2.75, 3.05) is 0 Å². The first-order valence-electron chi connectivity index (χ1n) is 4.77. The average Bonchev–Trinajstić information content (AvgIpc) is 2.27. The van der Waals surface area contributed by atoms with Crippen LogP contribution in [-0.4, -0.2) is 18.1 Å². The zero-order chi connectivity index (χ0) is 12.0. The van der Waals surface area contributed by atoms with Crippen molar-refractivity contribution in [3.8, 4) is 0 Å². The van der Waals surface area contributed by atoms with Crippen LogP contribution in [0.2, 0.25) is 0 Å². The minimum atomic E-state index is -1.35. The van der Waals surface area contributed by atoms with Gasteiger partial charge in [0.25, 0.3) is 0 Å². The summed E-state index contributed by atoms with van der Waals surface area (Å²) in [6.45, 7) is 1.41. The van der Waals surface area contributed by atoms with Gasteiger partial charge in [0.1, 0.15) is 6.61 Å². The molecule has 0 aliphatic heterocycles. The van der Waals surface area contributed by atoms with Crippen molar-refractivity contribution in [1.29, 1.82) is 0 Å². The normalized spacial score (nSPS) is 10.9. The third kappa shape index (κ3) is 6.31. The van der Waals surface area contributed by atoms with E-state index in [9.17, 15) is 14.7 Å². The van der Waals surface area contributed by atoms with Gasteiger partial charge in [0.05, 0.1) is 12.0 Å². The molecule has 0 heterocycles. The van der Waals surface area contributed by atoms with Crippen molar-refractivity contribution < 1.29 is 49.0 Å². The van der Waals surface area contributed by atoms with Crippen molar-refractivity contribution in [3.05, 3.63) is 35.9 Å². The Balaban J connectivity index is 0.00000256. The quantitative estimate of drug-likeness (QED) is 0.575. The molecular weight excluding hydrogens is 233 g/mol. The molecule has 0 aromatic heterocycles. The second-order valence-electron chi connectivity index (χ2n) is 3.25. The molecule has 1 aromatic carbocycles. The van der Waals surface area contributed by atoms with E-state index >= 15 is 0 Å². The van der Waals surface area contributed by atoms with Crippen LogP contribution in [0.5, 0.6) is 0 Å². The molecule has 86 valence electrons. The number of amides is 1. The third-order valence-corrected chi connectivity index (χ3v) is 1.90. The Morgan fingerprint density at radius 2 is 1.94 bits per heavy atom. The number of nitrogens with one attached hydrogen (secondary N) is 1. The van der Waals surface area contributed by atoms with Gasteiger partial charge in [-0.15, -0.1) is 0 Å². The molecule has 0 aliphatic rings. The molecule has 1 rings (SSSR count). The largest absolute Gasteiger partial charge is 1.00 e. The molecule has 0 fully saturated rings. The summed E-state index contributed by atoms with van der Waals surface area (Å²) >= 11 is 0. The Hall–Kier alpha value is -1.04. The van der Waals surface area contributed by atoms with Gasteiger partial charge in [-0.25, -0.2) is 4.79 Å². The Labute approximate surface area is 121 Å².